The Hall–Kier alpha value is -1.01. The third kappa shape index (κ3) is 3.05. The SMILES string of the molecule is CC(C)n1ccc(CN2CCSCC2C(=O)O)n1. The van der Waals surface area contributed by atoms with Crippen molar-refractivity contribution in [3.63, 3.8) is 0 Å². The van der Waals surface area contributed by atoms with E-state index in [1.54, 1.807) is 11.8 Å². The van der Waals surface area contributed by atoms with Crippen molar-refractivity contribution in [3.05, 3.63) is 18.0 Å². The summed E-state index contributed by atoms with van der Waals surface area (Å²) in [5, 5.41) is 13.7. The smallest absolute Gasteiger partial charge is 0.321 e. The highest BCUT2D eigenvalue weighted by atomic mass is 32.2. The molecule has 2 rings (SSSR count). The Morgan fingerprint density at radius 2 is 2.44 bits per heavy atom. The Balaban J connectivity index is 2.03. The van der Waals surface area contributed by atoms with Gasteiger partial charge in [0.1, 0.15) is 6.04 Å². The number of rotatable bonds is 4. The van der Waals surface area contributed by atoms with E-state index < -0.39 is 5.97 Å². The molecule has 100 valence electrons. The molecule has 1 aliphatic heterocycles. The average molecular weight is 269 g/mol. The molecular weight excluding hydrogens is 250 g/mol. The van der Waals surface area contributed by atoms with Crippen LogP contribution < -0.4 is 0 Å². The number of nitrogens with zero attached hydrogens (tertiary/aromatic N) is 3. The Bertz CT molecular complexity index is 419. The van der Waals surface area contributed by atoms with E-state index in [1.165, 1.54) is 0 Å². The monoisotopic (exact) mass is 269 g/mol. The van der Waals surface area contributed by atoms with Crippen LogP contribution in [0, 0.1) is 0 Å². The van der Waals surface area contributed by atoms with Crippen LogP contribution in [0.5, 0.6) is 0 Å². The van der Waals surface area contributed by atoms with Crippen molar-refractivity contribution in [2.75, 3.05) is 18.1 Å². The van der Waals surface area contributed by atoms with E-state index in [9.17, 15) is 9.90 Å². The zero-order valence-corrected chi connectivity index (χ0v) is 11.6. The summed E-state index contributed by atoms with van der Waals surface area (Å²) in [6.45, 7) is 5.59. The van der Waals surface area contributed by atoms with Gasteiger partial charge in [-0.25, -0.2) is 0 Å². The zero-order chi connectivity index (χ0) is 13.1. The number of hydrogen-bond acceptors (Lipinski definition) is 4. The fourth-order valence-electron chi connectivity index (χ4n) is 2.01. The lowest BCUT2D eigenvalue weighted by atomic mass is 10.2. The van der Waals surface area contributed by atoms with Gasteiger partial charge in [0, 0.05) is 36.8 Å². The molecule has 2 heterocycles. The van der Waals surface area contributed by atoms with E-state index in [2.05, 4.69) is 18.9 Å². The number of aliphatic carboxylic acids is 1. The maximum Gasteiger partial charge on any atom is 0.321 e. The Labute approximate surface area is 111 Å². The topological polar surface area (TPSA) is 58.4 Å². The number of carbonyl (C=O) groups is 1. The van der Waals surface area contributed by atoms with Crippen LogP contribution in [0.3, 0.4) is 0 Å². The van der Waals surface area contributed by atoms with Crippen LogP contribution >= 0.6 is 11.8 Å². The molecule has 1 atom stereocenters. The van der Waals surface area contributed by atoms with Crippen LogP contribution in [0.15, 0.2) is 12.3 Å². The molecule has 0 aliphatic carbocycles. The van der Waals surface area contributed by atoms with Crippen molar-refractivity contribution in [1.82, 2.24) is 14.7 Å². The summed E-state index contributed by atoms with van der Waals surface area (Å²) in [5.74, 6) is 0.931. The molecule has 0 radical (unpaired) electrons. The Kier molecular flexibility index (Phi) is 4.29. The van der Waals surface area contributed by atoms with E-state index in [0.29, 0.717) is 18.3 Å². The summed E-state index contributed by atoms with van der Waals surface area (Å²) in [5.41, 5.74) is 0.946. The maximum atomic E-state index is 11.2. The minimum absolute atomic E-state index is 0.339. The van der Waals surface area contributed by atoms with Crippen LogP contribution in [0.2, 0.25) is 0 Å². The Morgan fingerprint density at radius 1 is 1.67 bits per heavy atom. The summed E-state index contributed by atoms with van der Waals surface area (Å²) in [6.07, 6.45) is 1.95. The predicted octanol–water partition coefficient (Wildman–Crippen LogP) is 1.47. The van der Waals surface area contributed by atoms with Crippen LogP contribution in [-0.4, -0.2) is 49.8 Å². The third-order valence-corrected chi connectivity index (χ3v) is 4.10. The molecule has 1 unspecified atom stereocenters. The molecule has 0 aromatic carbocycles. The first-order valence-corrected chi connectivity index (χ1v) is 7.32. The van der Waals surface area contributed by atoms with Crippen molar-refractivity contribution in [1.29, 1.82) is 0 Å². The van der Waals surface area contributed by atoms with Gasteiger partial charge < -0.3 is 5.11 Å². The number of carboxylic acid groups (broad SMARTS) is 1. The quantitative estimate of drug-likeness (QED) is 0.897. The highest BCUT2D eigenvalue weighted by Crippen LogP contribution is 2.19. The summed E-state index contributed by atoms with van der Waals surface area (Å²) < 4.78 is 1.91. The Morgan fingerprint density at radius 3 is 3.06 bits per heavy atom. The van der Waals surface area contributed by atoms with Gasteiger partial charge in [-0.3, -0.25) is 14.4 Å². The lowest BCUT2D eigenvalue weighted by Gasteiger charge is -2.31. The van der Waals surface area contributed by atoms with Gasteiger partial charge in [0.15, 0.2) is 0 Å². The molecule has 18 heavy (non-hydrogen) atoms. The number of thioether (sulfide) groups is 1. The molecule has 1 N–H and O–H groups in total. The molecule has 6 heteroatoms. The van der Waals surface area contributed by atoms with Crippen LogP contribution in [0.1, 0.15) is 25.6 Å². The minimum atomic E-state index is -0.731. The summed E-state index contributed by atoms with van der Waals surface area (Å²) in [7, 11) is 0. The molecule has 1 aromatic heterocycles. The molecule has 0 saturated carbocycles. The van der Waals surface area contributed by atoms with Gasteiger partial charge in [0.25, 0.3) is 0 Å². The molecule has 0 spiro atoms. The lowest BCUT2D eigenvalue weighted by Crippen LogP contribution is -2.46. The number of carboxylic acids is 1. The standard InChI is InChI=1S/C12H19N3O2S/c1-9(2)15-4-3-10(13-15)7-14-5-6-18-8-11(14)12(16)17/h3-4,9,11H,5-8H2,1-2H3,(H,16,17). The van der Waals surface area contributed by atoms with E-state index in [1.807, 2.05) is 21.8 Å². The normalized spacial score (nSPS) is 21.4. The van der Waals surface area contributed by atoms with Crippen LogP contribution in [-0.2, 0) is 11.3 Å². The second-order valence-electron chi connectivity index (χ2n) is 4.78. The number of aromatic nitrogens is 2. The second kappa shape index (κ2) is 5.75. The van der Waals surface area contributed by atoms with Crippen molar-refractivity contribution >= 4 is 17.7 Å². The summed E-state index contributed by atoms with van der Waals surface area (Å²) >= 11 is 1.71. The van der Waals surface area contributed by atoms with Gasteiger partial charge in [-0.15, -0.1) is 0 Å². The molecule has 1 aromatic rings. The van der Waals surface area contributed by atoms with Gasteiger partial charge in [-0.1, -0.05) is 0 Å². The fraction of sp³-hybridized carbons (Fsp3) is 0.667. The fourth-order valence-corrected chi connectivity index (χ4v) is 3.12. The van der Waals surface area contributed by atoms with E-state index in [-0.39, 0.29) is 6.04 Å². The minimum Gasteiger partial charge on any atom is -0.480 e. The van der Waals surface area contributed by atoms with Gasteiger partial charge in [0.2, 0.25) is 0 Å². The van der Waals surface area contributed by atoms with Gasteiger partial charge in [-0.2, -0.15) is 16.9 Å². The van der Waals surface area contributed by atoms with Crippen LogP contribution in [0.4, 0.5) is 0 Å². The van der Waals surface area contributed by atoms with Crippen molar-refractivity contribution in [3.8, 4) is 0 Å². The van der Waals surface area contributed by atoms with E-state index >= 15 is 0 Å². The second-order valence-corrected chi connectivity index (χ2v) is 5.93. The largest absolute Gasteiger partial charge is 0.480 e. The molecule has 0 bridgehead atoms. The van der Waals surface area contributed by atoms with Gasteiger partial charge in [-0.05, 0) is 19.9 Å². The molecule has 1 saturated heterocycles. The van der Waals surface area contributed by atoms with Crippen molar-refractivity contribution in [2.24, 2.45) is 0 Å². The van der Waals surface area contributed by atoms with Gasteiger partial charge >= 0.3 is 5.97 Å². The van der Waals surface area contributed by atoms with Gasteiger partial charge in [0.05, 0.1) is 5.69 Å². The number of hydrogen-bond donors (Lipinski definition) is 1. The summed E-state index contributed by atoms with van der Waals surface area (Å²) in [4.78, 5) is 13.2. The predicted molar refractivity (Wildman–Crippen MR) is 71.8 cm³/mol. The highest BCUT2D eigenvalue weighted by molar-refractivity contribution is 7.99. The summed E-state index contributed by atoms with van der Waals surface area (Å²) in [6, 6.07) is 1.93. The van der Waals surface area contributed by atoms with Crippen molar-refractivity contribution < 1.29 is 9.90 Å². The maximum absolute atomic E-state index is 11.2. The van der Waals surface area contributed by atoms with E-state index in [0.717, 1.165) is 18.0 Å². The van der Waals surface area contributed by atoms with E-state index in [4.69, 9.17) is 0 Å². The highest BCUT2D eigenvalue weighted by Gasteiger charge is 2.29. The molecule has 0 amide bonds. The molecule has 1 fully saturated rings. The molecule has 5 nitrogen and oxygen atoms in total. The average Bonchev–Trinajstić information content (AvgIpc) is 2.78. The van der Waals surface area contributed by atoms with Crippen molar-refractivity contribution in [2.45, 2.75) is 32.5 Å². The lowest BCUT2D eigenvalue weighted by molar-refractivity contribution is -0.142. The third-order valence-electron chi connectivity index (χ3n) is 3.08. The van der Waals surface area contributed by atoms with Crippen LogP contribution in [0.25, 0.3) is 0 Å². The first-order chi connectivity index (χ1) is 8.58. The molecule has 1 aliphatic rings. The first-order valence-electron chi connectivity index (χ1n) is 6.16. The molecular formula is C12H19N3O2S. The first kappa shape index (κ1) is 13.4. The zero-order valence-electron chi connectivity index (χ0n) is 10.7.